The molecule has 1 aromatic carbocycles. The second kappa shape index (κ2) is 6.94. The molecular formula is C19H24N2O4. The molecule has 3 aliphatic rings. The maximum absolute atomic E-state index is 12.4. The normalized spacial score (nSPS) is 25.1. The molecule has 1 heterocycles. The van der Waals surface area contributed by atoms with Gasteiger partial charge in [0.1, 0.15) is 13.2 Å². The Morgan fingerprint density at radius 1 is 0.920 bits per heavy atom. The number of carbonyl (C=O) groups excluding carboxylic acids is 2. The van der Waals surface area contributed by atoms with E-state index in [0.29, 0.717) is 42.9 Å². The Bertz CT molecular complexity index is 669. The highest BCUT2D eigenvalue weighted by atomic mass is 16.6. The lowest BCUT2D eigenvalue weighted by Gasteiger charge is -2.22. The van der Waals surface area contributed by atoms with E-state index in [1.165, 1.54) is 19.3 Å². The van der Waals surface area contributed by atoms with E-state index in [4.69, 9.17) is 9.47 Å². The van der Waals surface area contributed by atoms with Crippen LogP contribution in [0.25, 0.3) is 0 Å². The van der Waals surface area contributed by atoms with Crippen molar-refractivity contribution in [3.8, 4) is 11.5 Å². The highest BCUT2D eigenvalue weighted by Gasteiger charge is 2.48. The van der Waals surface area contributed by atoms with E-state index in [9.17, 15) is 9.59 Å². The molecule has 6 nitrogen and oxygen atoms in total. The van der Waals surface area contributed by atoms with E-state index in [2.05, 4.69) is 10.6 Å². The first-order valence-electron chi connectivity index (χ1n) is 9.21. The van der Waals surface area contributed by atoms with Crippen LogP contribution in [0.2, 0.25) is 0 Å². The Kier molecular flexibility index (Phi) is 4.51. The minimum absolute atomic E-state index is 0.0363. The molecule has 2 atom stereocenters. The summed E-state index contributed by atoms with van der Waals surface area (Å²) in [6.07, 6.45) is 6.39. The van der Waals surface area contributed by atoms with Gasteiger partial charge in [0.25, 0.3) is 0 Å². The third-order valence-electron chi connectivity index (χ3n) is 5.23. The van der Waals surface area contributed by atoms with Gasteiger partial charge in [-0.1, -0.05) is 19.3 Å². The Morgan fingerprint density at radius 2 is 1.64 bits per heavy atom. The fraction of sp³-hybridized carbons (Fsp3) is 0.579. The van der Waals surface area contributed by atoms with Gasteiger partial charge in [0, 0.05) is 17.8 Å². The number of amides is 2. The summed E-state index contributed by atoms with van der Waals surface area (Å²) in [4.78, 5) is 24.7. The smallest absolute Gasteiger partial charge is 0.228 e. The Balaban J connectivity index is 1.30. The van der Waals surface area contributed by atoms with Crippen molar-refractivity contribution in [2.45, 2.75) is 44.6 Å². The van der Waals surface area contributed by atoms with Gasteiger partial charge in [0.2, 0.25) is 11.8 Å². The van der Waals surface area contributed by atoms with Crippen LogP contribution in [0.3, 0.4) is 0 Å². The van der Waals surface area contributed by atoms with Gasteiger partial charge in [0.05, 0.1) is 11.8 Å². The van der Waals surface area contributed by atoms with Crippen molar-refractivity contribution in [3.05, 3.63) is 18.2 Å². The molecule has 0 aromatic heterocycles. The second-order valence-electron chi connectivity index (χ2n) is 7.14. The summed E-state index contributed by atoms with van der Waals surface area (Å²) in [7, 11) is 0. The van der Waals surface area contributed by atoms with Crippen LogP contribution in [0.5, 0.6) is 11.5 Å². The predicted molar refractivity (Wildman–Crippen MR) is 92.7 cm³/mol. The molecule has 2 fully saturated rings. The standard InChI is InChI=1S/C19H24N2O4/c22-18(20-12-4-2-1-3-5-12)14-11-15(14)19(23)21-13-6-7-16-17(10-13)25-9-8-24-16/h6-7,10,12,14-15H,1-5,8-9,11H2,(H,20,22)(H,21,23). The first-order chi connectivity index (χ1) is 12.2. The molecule has 6 heteroatoms. The SMILES string of the molecule is O=C(Nc1ccc2c(c1)OCCO2)C1CC1C(=O)NC1CCCCC1. The third kappa shape index (κ3) is 3.72. The van der Waals surface area contributed by atoms with Crippen LogP contribution in [-0.2, 0) is 9.59 Å². The molecule has 1 aliphatic heterocycles. The maximum atomic E-state index is 12.4. The van der Waals surface area contributed by atoms with Crippen molar-refractivity contribution in [2.75, 3.05) is 18.5 Å². The van der Waals surface area contributed by atoms with Crippen molar-refractivity contribution >= 4 is 17.5 Å². The van der Waals surface area contributed by atoms with Gasteiger partial charge >= 0.3 is 0 Å². The fourth-order valence-corrected chi connectivity index (χ4v) is 3.69. The van der Waals surface area contributed by atoms with Gasteiger partial charge < -0.3 is 20.1 Å². The molecule has 0 spiro atoms. The molecule has 2 unspecified atom stereocenters. The Hall–Kier alpha value is -2.24. The first kappa shape index (κ1) is 16.2. The average molecular weight is 344 g/mol. The summed E-state index contributed by atoms with van der Waals surface area (Å²) in [6, 6.07) is 5.66. The quantitative estimate of drug-likeness (QED) is 0.880. The van der Waals surface area contributed by atoms with Gasteiger partial charge in [-0.2, -0.15) is 0 Å². The van der Waals surface area contributed by atoms with Gasteiger partial charge in [0.15, 0.2) is 11.5 Å². The zero-order valence-corrected chi connectivity index (χ0v) is 14.3. The maximum Gasteiger partial charge on any atom is 0.228 e. The molecule has 0 bridgehead atoms. The van der Waals surface area contributed by atoms with Gasteiger partial charge in [-0.3, -0.25) is 9.59 Å². The van der Waals surface area contributed by atoms with E-state index >= 15 is 0 Å². The number of anilines is 1. The predicted octanol–water partition coefficient (Wildman–Crippen LogP) is 2.48. The van der Waals surface area contributed by atoms with Gasteiger partial charge in [-0.15, -0.1) is 0 Å². The van der Waals surface area contributed by atoms with Crippen LogP contribution in [0.15, 0.2) is 18.2 Å². The monoisotopic (exact) mass is 344 g/mol. The van der Waals surface area contributed by atoms with Gasteiger partial charge in [-0.05, 0) is 31.4 Å². The molecule has 25 heavy (non-hydrogen) atoms. The van der Waals surface area contributed by atoms with Crippen molar-refractivity contribution in [3.63, 3.8) is 0 Å². The van der Waals surface area contributed by atoms with Crippen LogP contribution in [0.4, 0.5) is 5.69 Å². The lowest BCUT2D eigenvalue weighted by molar-refractivity contribution is -0.126. The molecule has 2 saturated carbocycles. The van der Waals surface area contributed by atoms with Gasteiger partial charge in [-0.25, -0.2) is 0 Å². The van der Waals surface area contributed by atoms with Crippen molar-refractivity contribution in [1.29, 1.82) is 0 Å². The number of fused-ring (bicyclic) bond motifs is 1. The average Bonchev–Trinajstić information content (AvgIpc) is 3.43. The number of rotatable bonds is 4. The van der Waals surface area contributed by atoms with E-state index in [1.54, 1.807) is 18.2 Å². The number of hydrogen-bond acceptors (Lipinski definition) is 4. The molecular weight excluding hydrogens is 320 g/mol. The summed E-state index contributed by atoms with van der Waals surface area (Å²) in [5, 5.41) is 6.00. The zero-order chi connectivity index (χ0) is 17.2. The van der Waals surface area contributed by atoms with Crippen molar-refractivity contribution < 1.29 is 19.1 Å². The van der Waals surface area contributed by atoms with Crippen LogP contribution in [0.1, 0.15) is 38.5 Å². The fourth-order valence-electron chi connectivity index (χ4n) is 3.69. The number of carbonyl (C=O) groups is 2. The summed E-state index contributed by atoms with van der Waals surface area (Å²) < 4.78 is 11.0. The number of hydrogen-bond donors (Lipinski definition) is 2. The molecule has 2 amide bonds. The molecule has 4 rings (SSSR count). The lowest BCUT2D eigenvalue weighted by atomic mass is 9.95. The van der Waals surface area contributed by atoms with E-state index in [0.717, 1.165) is 12.8 Å². The second-order valence-corrected chi connectivity index (χ2v) is 7.14. The van der Waals surface area contributed by atoms with Crippen LogP contribution >= 0.6 is 0 Å². The van der Waals surface area contributed by atoms with Crippen LogP contribution in [-0.4, -0.2) is 31.1 Å². The third-order valence-corrected chi connectivity index (χ3v) is 5.23. The number of nitrogens with one attached hydrogen (secondary N) is 2. The Labute approximate surface area is 147 Å². The summed E-state index contributed by atoms with van der Waals surface area (Å²) in [5.74, 6) is 0.873. The molecule has 2 aliphatic carbocycles. The molecule has 0 radical (unpaired) electrons. The minimum Gasteiger partial charge on any atom is -0.486 e. The number of ether oxygens (including phenoxy) is 2. The molecule has 134 valence electrons. The summed E-state index contributed by atoms with van der Waals surface area (Å²) in [6.45, 7) is 1.05. The topological polar surface area (TPSA) is 76.7 Å². The highest BCUT2D eigenvalue weighted by molar-refractivity contribution is 5.99. The first-order valence-corrected chi connectivity index (χ1v) is 9.21. The van der Waals surface area contributed by atoms with Crippen LogP contribution < -0.4 is 20.1 Å². The molecule has 0 saturated heterocycles. The summed E-state index contributed by atoms with van der Waals surface area (Å²) in [5.41, 5.74) is 0.674. The Morgan fingerprint density at radius 3 is 2.44 bits per heavy atom. The minimum atomic E-state index is -0.225. The largest absolute Gasteiger partial charge is 0.486 e. The van der Waals surface area contributed by atoms with Crippen LogP contribution in [0, 0.1) is 11.8 Å². The van der Waals surface area contributed by atoms with E-state index < -0.39 is 0 Å². The van der Waals surface area contributed by atoms with E-state index in [1.807, 2.05) is 0 Å². The number of benzene rings is 1. The van der Waals surface area contributed by atoms with E-state index in [-0.39, 0.29) is 23.7 Å². The lowest BCUT2D eigenvalue weighted by Crippen LogP contribution is -2.37. The van der Waals surface area contributed by atoms with Crippen molar-refractivity contribution in [1.82, 2.24) is 5.32 Å². The molecule has 1 aromatic rings. The zero-order valence-electron chi connectivity index (χ0n) is 14.3. The highest BCUT2D eigenvalue weighted by Crippen LogP contribution is 2.40. The van der Waals surface area contributed by atoms with Crippen molar-refractivity contribution in [2.24, 2.45) is 11.8 Å². The molecule has 2 N–H and O–H groups in total. The summed E-state index contributed by atoms with van der Waals surface area (Å²) >= 11 is 0.